The van der Waals surface area contributed by atoms with E-state index in [9.17, 15) is 0 Å². The van der Waals surface area contributed by atoms with Crippen LogP contribution in [0, 0.1) is 6.92 Å². The number of para-hydroxylation sites is 6. The third kappa shape index (κ3) is 13.1. The molecule has 0 atom stereocenters. The number of benzene rings is 24. The fourth-order valence-corrected chi connectivity index (χ4v) is 21.9. The molecule has 0 aliphatic carbocycles. The highest BCUT2D eigenvalue weighted by molar-refractivity contribution is 6.26. The first-order valence-corrected chi connectivity index (χ1v) is 46.1. The van der Waals surface area contributed by atoms with Crippen LogP contribution in [-0.4, -0.2) is 27.9 Å². The van der Waals surface area contributed by atoms with E-state index in [-0.39, 0.29) is 0 Å². The number of aromatic nitrogens is 3. The zero-order chi connectivity index (χ0) is 89.0. The molecule has 0 bridgehead atoms. The molecular weight excluding hydrogens is 1620 g/mol. The third-order valence-corrected chi connectivity index (χ3v) is 27.8. The molecule has 0 saturated carbocycles. The Bertz CT molecular complexity index is 9080. The van der Waals surface area contributed by atoms with Gasteiger partial charge in [-0.25, -0.2) is 0 Å². The average Bonchev–Trinajstić information content (AvgIpc) is 1.34. The molecule has 27 rings (SSSR count). The predicted octanol–water partition coefficient (Wildman–Crippen LogP) is 35.1. The van der Waals surface area contributed by atoms with Gasteiger partial charge in [0.05, 0.1) is 47.3 Å². The molecule has 0 aliphatic rings. The molecule has 0 amide bonds. The van der Waals surface area contributed by atoms with Crippen molar-refractivity contribution in [1.82, 2.24) is 13.7 Å². The summed E-state index contributed by atoms with van der Waals surface area (Å²) in [5, 5.41) is 30.0. The Morgan fingerprint density at radius 1 is 0.157 bits per heavy atom. The van der Waals surface area contributed by atoms with Crippen molar-refractivity contribution in [2.24, 2.45) is 0 Å². The standard InChI is InChI=1S/2C43H29NO.C43H29N/c1-45-33-24-21-28(22-25-33)42-36-12-2-4-14-38(36)43(39-15-5-3-13-37(39)42)31-19-18-30-27-32(23-20-29(30)26-31)44-40-16-8-6-10-34(40)35-11-7-9-17-41(35)44;1-45-41-26-30(43-36-19-7-5-17-34(36)42(28-13-3-2-4-14-28)35-18-6-8-20-37(35)43)25-29-23-24-31(27-38(29)41)44-39-21-11-9-15-32(39)33-16-10-12-22-40(33)44;1-28-25-31(43-37-19-7-5-17-35(37)42(29-13-3-2-4-14-29)36-18-6-8-20-38(36)43)26-30-23-24-32(27-39(28)30)44-40-21-11-9-15-33(40)34-16-10-12-22-41(34)44/h2*2-27H,1H3;2-27H,1H3. The van der Waals surface area contributed by atoms with Crippen LogP contribution in [0.15, 0.2) is 473 Å². The monoisotopic (exact) mass is 1710 g/mol. The van der Waals surface area contributed by atoms with Gasteiger partial charge in [-0.1, -0.05) is 364 Å². The Labute approximate surface area is 775 Å². The lowest BCUT2D eigenvalue weighted by Gasteiger charge is -2.19. The minimum Gasteiger partial charge on any atom is -0.497 e. The highest BCUT2D eigenvalue weighted by Gasteiger charge is 2.25. The molecule has 0 spiro atoms. The van der Waals surface area contributed by atoms with E-state index in [1.165, 1.54) is 230 Å². The van der Waals surface area contributed by atoms with E-state index in [0.29, 0.717) is 0 Å². The van der Waals surface area contributed by atoms with Crippen molar-refractivity contribution in [3.8, 4) is 95.3 Å². The first-order valence-electron chi connectivity index (χ1n) is 46.1. The van der Waals surface area contributed by atoms with Crippen molar-refractivity contribution < 1.29 is 9.47 Å². The Morgan fingerprint density at radius 2 is 0.396 bits per heavy atom. The largest absolute Gasteiger partial charge is 0.497 e. The number of nitrogens with zero attached hydrogens (tertiary/aromatic N) is 3. The van der Waals surface area contributed by atoms with Crippen LogP contribution in [0.25, 0.3) is 246 Å². The van der Waals surface area contributed by atoms with E-state index < -0.39 is 0 Å². The number of hydrogen-bond acceptors (Lipinski definition) is 2. The summed E-state index contributed by atoms with van der Waals surface area (Å²) in [5.41, 5.74) is 27.0. The van der Waals surface area contributed by atoms with Crippen molar-refractivity contribution in [3.05, 3.63) is 479 Å². The molecule has 3 heterocycles. The first kappa shape index (κ1) is 78.8. The van der Waals surface area contributed by atoms with Gasteiger partial charge in [0.1, 0.15) is 11.5 Å². The van der Waals surface area contributed by atoms with Gasteiger partial charge in [-0.05, 0) is 280 Å². The van der Waals surface area contributed by atoms with Crippen LogP contribution < -0.4 is 9.47 Å². The van der Waals surface area contributed by atoms with E-state index in [0.717, 1.165) is 33.5 Å². The van der Waals surface area contributed by atoms with Crippen molar-refractivity contribution >= 4 is 162 Å². The van der Waals surface area contributed by atoms with Gasteiger partial charge in [-0.3, -0.25) is 0 Å². The van der Waals surface area contributed by atoms with Gasteiger partial charge in [0, 0.05) is 54.8 Å². The lowest BCUT2D eigenvalue weighted by Crippen LogP contribution is -1.95. The summed E-state index contributed by atoms with van der Waals surface area (Å²) in [4.78, 5) is 0. The van der Waals surface area contributed by atoms with E-state index in [2.05, 4.69) is 482 Å². The summed E-state index contributed by atoms with van der Waals surface area (Å²) in [6, 6.07) is 172. The minimum atomic E-state index is 0.862. The maximum absolute atomic E-state index is 6.14. The van der Waals surface area contributed by atoms with Crippen molar-refractivity contribution in [2.45, 2.75) is 6.92 Å². The van der Waals surface area contributed by atoms with E-state index in [1.807, 2.05) is 12.1 Å². The highest BCUT2D eigenvalue weighted by Crippen LogP contribution is 2.51. The molecular formula is C129H87N3O2. The maximum atomic E-state index is 6.14. The van der Waals surface area contributed by atoms with Crippen molar-refractivity contribution in [1.29, 1.82) is 0 Å². The molecule has 0 N–H and O–H groups in total. The fourth-order valence-electron chi connectivity index (χ4n) is 21.9. The smallest absolute Gasteiger partial charge is 0.127 e. The zero-order valence-electron chi connectivity index (χ0n) is 74.2. The molecule has 0 saturated heterocycles. The Balaban J connectivity index is 0.000000107. The van der Waals surface area contributed by atoms with Gasteiger partial charge < -0.3 is 23.2 Å². The second kappa shape index (κ2) is 32.7. The Hall–Kier alpha value is -17.4. The topological polar surface area (TPSA) is 33.2 Å². The van der Waals surface area contributed by atoms with Crippen LogP contribution in [0.3, 0.4) is 0 Å². The fraction of sp³-hybridized carbons (Fsp3) is 0.0233. The lowest BCUT2D eigenvalue weighted by molar-refractivity contribution is 0.415. The summed E-state index contributed by atoms with van der Waals surface area (Å²) in [5.74, 6) is 1.73. The highest BCUT2D eigenvalue weighted by atomic mass is 16.5. The van der Waals surface area contributed by atoms with Crippen LogP contribution in [0.2, 0.25) is 0 Å². The first-order chi connectivity index (χ1) is 66.3. The second-order valence-electron chi connectivity index (χ2n) is 35.1. The zero-order valence-corrected chi connectivity index (χ0v) is 74.2. The van der Waals surface area contributed by atoms with Gasteiger partial charge in [0.25, 0.3) is 0 Å². The second-order valence-corrected chi connectivity index (χ2v) is 35.1. The number of aryl methyl sites for hydroxylation is 1. The molecule has 134 heavy (non-hydrogen) atoms. The molecule has 0 aliphatic heterocycles. The van der Waals surface area contributed by atoms with E-state index in [4.69, 9.17) is 9.47 Å². The summed E-state index contributed by atoms with van der Waals surface area (Å²) in [6.45, 7) is 2.25. The molecule has 5 nitrogen and oxygen atoms in total. The van der Waals surface area contributed by atoms with Crippen LogP contribution in [0.1, 0.15) is 5.56 Å². The van der Waals surface area contributed by atoms with Gasteiger partial charge in [-0.2, -0.15) is 0 Å². The SMILES string of the molecule is COc1cc(-c2c3ccccc3c(-c3ccccc3)c3ccccc23)cc2ccc(-n3c4ccccc4c4ccccc43)cc12.COc1ccc(-c2c3ccccc3c(-c3ccc4cc(-n5c6ccccc6c6ccccc65)ccc4c3)c3ccccc23)cc1.Cc1cc(-c2c3ccccc3c(-c3ccccc3)c3ccccc23)cc2ccc(-n3c4ccccc4c4ccccc43)cc12. The third-order valence-electron chi connectivity index (χ3n) is 27.8. The molecule has 630 valence electrons. The van der Waals surface area contributed by atoms with E-state index in [1.54, 1.807) is 14.2 Å². The molecule has 3 aromatic heterocycles. The molecule has 24 aromatic carbocycles. The molecule has 5 heteroatoms. The van der Waals surface area contributed by atoms with Crippen molar-refractivity contribution in [2.75, 3.05) is 14.2 Å². The van der Waals surface area contributed by atoms with Gasteiger partial charge in [0.2, 0.25) is 0 Å². The molecule has 0 fully saturated rings. The quantitative estimate of drug-likeness (QED) is 0.121. The van der Waals surface area contributed by atoms with Gasteiger partial charge >= 0.3 is 0 Å². The number of rotatable bonds is 11. The van der Waals surface area contributed by atoms with E-state index >= 15 is 0 Å². The molecule has 27 aromatic rings. The Morgan fingerprint density at radius 3 is 0.731 bits per heavy atom. The van der Waals surface area contributed by atoms with Crippen LogP contribution >= 0.6 is 0 Å². The Kier molecular flexibility index (Phi) is 19.2. The molecule has 0 unspecified atom stereocenters. The van der Waals surface area contributed by atoms with Crippen LogP contribution in [-0.2, 0) is 0 Å². The van der Waals surface area contributed by atoms with Gasteiger partial charge in [0.15, 0.2) is 0 Å². The maximum Gasteiger partial charge on any atom is 0.127 e. The van der Waals surface area contributed by atoms with Crippen molar-refractivity contribution in [3.63, 3.8) is 0 Å². The number of hydrogen-bond donors (Lipinski definition) is 0. The minimum absolute atomic E-state index is 0.862. The van der Waals surface area contributed by atoms with Crippen LogP contribution in [0.4, 0.5) is 0 Å². The summed E-state index contributed by atoms with van der Waals surface area (Å²) >= 11 is 0. The lowest BCUT2D eigenvalue weighted by atomic mass is 9.85. The number of methoxy groups -OCH3 is 2. The average molecular weight is 1710 g/mol. The summed E-state index contributed by atoms with van der Waals surface area (Å²) < 4.78 is 18.8. The summed E-state index contributed by atoms with van der Waals surface area (Å²) in [6.07, 6.45) is 0. The van der Waals surface area contributed by atoms with Gasteiger partial charge in [-0.15, -0.1) is 0 Å². The predicted molar refractivity (Wildman–Crippen MR) is 570 cm³/mol. The normalized spacial score (nSPS) is 11.7. The van der Waals surface area contributed by atoms with Crippen LogP contribution in [0.5, 0.6) is 11.5 Å². The summed E-state index contributed by atoms with van der Waals surface area (Å²) in [7, 11) is 3.49. The number of fused-ring (bicyclic) bond motifs is 18. The number of ether oxygens (including phenoxy) is 2. The molecule has 0 radical (unpaired) electrons.